The lowest BCUT2D eigenvalue weighted by Gasteiger charge is -2.34. The van der Waals surface area contributed by atoms with Gasteiger partial charge in [0.2, 0.25) is 5.91 Å². The number of rotatable bonds is 4. The number of amides is 1. The molecule has 2 atom stereocenters. The maximum Gasteiger partial charge on any atom is 0.227 e. The zero-order chi connectivity index (χ0) is 15.4. The van der Waals surface area contributed by atoms with Gasteiger partial charge in [0.1, 0.15) is 5.75 Å². The van der Waals surface area contributed by atoms with E-state index in [1.54, 1.807) is 20.1 Å². The third-order valence-corrected chi connectivity index (χ3v) is 4.45. The highest BCUT2D eigenvalue weighted by atomic mass is 35.5. The zero-order valence-electron chi connectivity index (χ0n) is 12.5. The molecule has 0 radical (unpaired) electrons. The molecular formula is C16H22ClNO3. The van der Waals surface area contributed by atoms with Gasteiger partial charge in [0, 0.05) is 24.0 Å². The van der Waals surface area contributed by atoms with Gasteiger partial charge in [-0.1, -0.05) is 17.7 Å². The summed E-state index contributed by atoms with van der Waals surface area (Å²) in [5, 5.41) is 10.2. The van der Waals surface area contributed by atoms with Crippen molar-refractivity contribution in [3.05, 3.63) is 28.8 Å². The first-order valence-corrected chi connectivity index (χ1v) is 7.67. The van der Waals surface area contributed by atoms with E-state index < -0.39 is 0 Å². The average molecular weight is 312 g/mol. The van der Waals surface area contributed by atoms with Gasteiger partial charge < -0.3 is 14.7 Å². The molecule has 1 saturated heterocycles. The molecule has 0 saturated carbocycles. The average Bonchev–Trinajstić information content (AvgIpc) is 2.49. The van der Waals surface area contributed by atoms with Crippen molar-refractivity contribution in [3.63, 3.8) is 0 Å². The maximum absolute atomic E-state index is 12.4. The number of hydrogen-bond acceptors (Lipinski definition) is 3. The summed E-state index contributed by atoms with van der Waals surface area (Å²) in [7, 11) is 1.58. The van der Waals surface area contributed by atoms with Crippen LogP contribution in [0.2, 0.25) is 5.02 Å². The summed E-state index contributed by atoms with van der Waals surface area (Å²) >= 11 is 6.18. The summed E-state index contributed by atoms with van der Waals surface area (Å²) in [5.74, 6) is 0.921. The van der Waals surface area contributed by atoms with Gasteiger partial charge in [-0.3, -0.25) is 4.79 Å². The molecule has 1 amide bonds. The number of carbonyl (C=O) groups is 1. The van der Waals surface area contributed by atoms with Crippen LogP contribution >= 0.6 is 11.6 Å². The van der Waals surface area contributed by atoms with Crippen molar-refractivity contribution in [1.29, 1.82) is 0 Å². The minimum atomic E-state index is -0.370. The molecule has 1 fully saturated rings. The second-order valence-corrected chi connectivity index (χ2v) is 6.02. The van der Waals surface area contributed by atoms with Crippen molar-refractivity contribution in [2.75, 3.05) is 20.2 Å². The number of piperidine rings is 1. The van der Waals surface area contributed by atoms with Gasteiger partial charge in [-0.05, 0) is 37.5 Å². The lowest BCUT2D eigenvalue weighted by Crippen LogP contribution is -2.43. The molecule has 1 aliphatic rings. The first-order chi connectivity index (χ1) is 10.0. The summed E-state index contributed by atoms with van der Waals surface area (Å²) in [5.41, 5.74) is 0.807. The number of aliphatic hydroxyl groups is 1. The Hall–Kier alpha value is -1.26. The van der Waals surface area contributed by atoms with Gasteiger partial charge >= 0.3 is 0 Å². The third-order valence-electron chi connectivity index (χ3n) is 4.09. The molecule has 116 valence electrons. The van der Waals surface area contributed by atoms with Crippen LogP contribution in [0, 0.1) is 5.92 Å². The van der Waals surface area contributed by atoms with Gasteiger partial charge in [-0.25, -0.2) is 0 Å². The number of methoxy groups -OCH3 is 1. The summed E-state index contributed by atoms with van der Waals surface area (Å²) < 4.78 is 5.10. The molecule has 1 N–H and O–H groups in total. The molecule has 21 heavy (non-hydrogen) atoms. The molecule has 2 unspecified atom stereocenters. The van der Waals surface area contributed by atoms with Crippen molar-refractivity contribution in [1.82, 2.24) is 4.90 Å². The molecule has 0 aromatic heterocycles. The van der Waals surface area contributed by atoms with Crippen LogP contribution in [0.4, 0.5) is 0 Å². The molecule has 5 heteroatoms. The normalized spacial score (nSPS) is 20.2. The van der Waals surface area contributed by atoms with Crippen LogP contribution in [0.1, 0.15) is 25.3 Å². The van der Waals surface area contributed by atoms with E-state index in [1.807, 2.05) is 17.0 Å². The second-order valence-electron chi connectivity index (χ2n) is 5.62. The first-order valence-electron chi connectivity index (χ1n) is 7.29. The molecule has 0 aliphatic carbocycles. The summed E-state index contributed by atoms with van der Waals surface area (Å²) in [6.07, 6.45) is 1.84. The van der Waals surface area contributed by atoms with Crippen LogP contribution in [-0.2, 0) is 11.2 Å². The van der Waals surface area contributed by atoms with Crippen molar-refractivity contribution < 1.29 is 14.6 Å². The Morgan fingerprint density at radius 2 is 2.33 bits per heavy atom. The lowest BCUT2D eigenvalue weighted by molar-refractivity contribution is -0.133. The fraction of sp³-hybridized carbons (Fsp3) is 0.562. The molecular weight excluding hydrogens is 290 g/mol. The van der Waals surface area contributed by atoms with E-state index in [1.165, 1.54) is 0 Å². The van der Waals surface area contributed by atoms with Gasteiger partial charge in [0.05, 0.1) is 19.6 Å². The monoisotopic (exact) mass is 311 g/mol. The quantitative estimate of drug-likeness (QED) is 0.929. The number of likely N-dealkylation sites (tertiary alicyclic amines) is 1. The van der Waals surface area contributed by atoms with E-state index in [-0.39, 0.29) is 24.3 Å². The molecule has 2 rings (SSSR count). The summed E-state index contributed by atoms with van der Waals surface area (Å²) in [4.78, 5) is 14.2. The number of benzene rings is 1. The van der Waals surface area contributed by atoms with Gasteiger partial charge in [-0.2, -0.15) is 0 Å². The second kappa shape index (κ2) is 7.14. The van der Waals surface area contributed by atoms with E-state index in [0.717, 1.165) is 24.9 Å². The minimum absolute atomic E-state index is 0.0624. The topological polar surface area (TPSA) is 49.8 Å². The molecule has 4 nitrogen and oxygen atoms in total. The van der Waals surface area contributed by atoms with E-state index in [0.29, 0.717) is 17.3 Å². The number of carbonyl (C=O) groups excluding carboxylic acids is 1. The number of aliphatic hydroxyl groups excluding tert-OH is 1. The fourth-order valence-corrected chi connectivity index (χ4v) is 2.94. The fourth-order valence-electron chi connectivity index (χ4n) is 2.70. The Bertz CT molecular complexity index is 504. The van der Waals surface area contributed by atoms with E-state index in [9.17, 15) is 9.90 Å². The Kier molecular flexibility index (Phi) is 5.48. The molecule has 1 heterocycles. The summed E-state index contributed by atoms with van der Waals surface area (Å²) in [6.45, 7) is 3.18. The van der Waals surface area contributed by atoms with E-state index in [2.05, 4.69) is 0 Å². The van der Waals surface area contributed by atoms with Crippen LogP contribution in [-0.4, -0.2) is 42.2 Å². The van der Waals surface area contributed by atoms with Gasteiger partial charge in [0.15, 0.2) is 0 Å². The lowest BCUT2D eigenvalue weighted by atomic mass is 9.93. The Morgan fingerprint density at radius 1 is 1.57 bits per heavy atom. The maximum atomic E-state index is 12.4. The minimum Gasteiger partial charge on any atom is -0.497 e. The van der Waals surface area contributed by atoms with Crippen LogP contribution in [0.25, 0.3) is 0 Å². The van der Waals surface area contributed by atoms with Crippen LogP contribution in [0.3, 0.4) is 0 Å². The smallest absolute Gasteiger partial charge is 0.227 e. The van der Waals surface area contributed by atoms with Crippen molar-refractivity contribution in [2.45, 2.75) is 32.3 Å². The highest BCUT2D eigenvalue weighted by Crippen LogP contribution is 2.25. The third kappa shape index (κ3) is 4.11. The van der Waals surface area contributed by atoms with Crippen LogP contribution in [0.5, 0.6) is 5.75 Å². The Labute approximate surface area is 130 Å². The van der Waals surface area contributed by atoms with E-state index in [4.69, 9.17) is 16.3 Å². The zero-order valence-corrected chi connectivity index (χ0v) is 13.3. The molecule has 1 aromatic carbocycles. The summed E-state index contributed by atoms with van der Waals surface area (Å²) in [6, 6.07) is 5.36. The predicted octanol–water partition coefficient (Wildman–Crippen LogP) is 2.51. The highest BCUT2D eigenvalue weighted by Gasteiger charge is 2.26. The number of hydrogen-bond donors (Lipinski definition) is 1. The van der Waals surface area contributed by atoms with Gasteiger partial charge in [0.25, 0.3) is 0 Å². The van der Waals surface area contributed by atoms with Crippen molar-refractivity contribution in [2.24, 2.45) is 5.92 Å². The molecule has 1 aliphatic heterocycles. The standard InChI is InChI=1S/C16H22ClNO3/c1-11(19)13-4-3-7-18(10-13)16(20)8-12-5-6-14(21-2)9-15(12)17/h5-6,9,11,13,19H,3-4,7-8,10H2,1-2H3. The van der Waals surface area contributed by atoms with Crippen LogP contribution < -0.4 is 4.74 Å². The first kappa shape index (κ1) is 16.1. The van der Waals surface area contributed by atoms with Crippen molar-refractivity contribution in [3.8, 4) is 5.75 Å². The van der Waals surface area contributed by atoms with E-state index >= 15 is 0 Å². The number of ether oxygens (including phenoxy) is 1. The van der Waals surface area contributed by atoms with Crippen LogP contribution in [0.15, 0.2) is 18.2 Å². The Balaban J connectivity index is 2.01. The predicted molar refractivity (Wildman–Crippen MR) is 82.7 cm³/mol. The van der Waals surface area contributed by atoms with Crippen molar-refractivity contribution >= 4 is 17.5 Å². The van der Waals surface area contributed by atoms with Gasteiger partial charge in [-0.15, -0.1) is 0 Å². The highest BCUT2D eigenvalue weighted by molar-refractivity contribution is 6.31. The molecule has 0 spiro atoms. The number of nitrogens with zero attached hydrogens (tertiary/aromatic N) is 1. The number of halogens is 1. The molecule has 1 aromatic rings. The SMILES string of the molecule is COc1ccc(CC(=O)N2CCCC(C(C)O)C2)c(Cl)c1. The molecule has 0 bridgehead atoms. The largest absolute Gasteiger partial charge is 0.497 e. The Morgan fingerprint density at radius 3 is 2.95 bits per heavy atom.